The van der Waals surface area contributed by atoms with Gasteiger partial charge in [0.1, 0.15) is 18.5 Å². The number of ether oxygens (including phenoxy) is 1. The first-order valence-electron chi connectivity index (χ1n) is 7.60. The van der Waals surface area contributed by atoms with Gasteiger partial charge in [0.25, 0.3) is 0 Å². The Balaban J connectivity index is 1.67. The lowest BCUT2D eigenvalue weighted by molar-refractivity contribution is 0.104. The lowest BCUT2D eigenvalue weighted by Gasteiger charge is -2.22. The summed E-state index contributed by atoms with van der Waals surface area (Å²) >= 11 is 5.42. The van der Waals surface area contributed by atoms with Gasteiger partial charge in [-0.25, -0.2) is 0 Å². The fourth-order valence-corrected chi connectivity index (χ4v) is 4.13. The van der Waals surface area contributed by atoms with Crippen LogP contribution in [0.3, 0.4) is 0 Å². The Morgan fingerprint density at radius 3 is 2.86 bits per heavy atom. The fourth-order valence-electron chi connectivity index (χ4n) is 2.64. The van der Waals surface area contributed by atoms with Crippen molar-refractivity contribution >= 4 is 27.7 Å². The van der Waals surface area contributed by atoms with Gasteiger partial charge in [0.15, 0.2) is 0 Å². The highest BCUT2D eigenvalue weighted by Crippen LogP contribution is 2.29. The first-order valence-corrected chi connectivity index (χ1v) is 9.44. The highest BCUT2D eigenvalue weighted by atomic mass is 79.9. The van der Waals surface area contributed by atoms with Crippen molar-refractivity contribution in [2.24, 2.45) is 0 Å². The van der Waals surface area contributed by atoms with Gasteiger partial charge in [-0.2, -0.15) is 11.8 Å². The average molecular weight is 374 g/mol. The maximum Gasteiger partial charge on any atom is 0.119 e. The summed E-state index contributed by atoms with van der Waals surface area (Å²) in [5, 5.41) is 14.2. The fraction of sp³-hybridized carbons (Fsp3) is 0.625. The number of hydrogen-bond donors (Lipinski definition) is 2. The molecule has 1 aromatic rings. The molecule has 1 aromatic carbocycles. The third kappa shape index (κ3) is 5.81. The molecule has 0 bridgehead atoms. The van der Waals surface area contributed by atoms with Crippen molar-refractivity contribution in [3.63, 3.8) is 0 Å². The highest BCUT2D eigenvalue weighted by molar-refractivity contribution is 9.10. The predicted octanol–water partition coefficient (Wildman–Crippen LogP) is 3.45. The molecule has 21 heavy (non-hydrogen) atoms. The summed E-state index contributed by atoms with van der Waals surface area (Å²) in [6, 6.07) is 8.21. The van der Waals surface area contributed by atoms with Gasteiger partial charge >= 0.3 is 0 Å². The molecule has 118 valence electrons. The number of thioether (sulfide) groups is 1. The summed E-state index contributed by atoms with van der Waals surface area (Å²) in [6.45, 7) is 3.13. The third-order valence-electron chi connectivity index (χ3n) is 3.70. The number of halogens is 1. The van der Waals surface area contributed by atoms with Crippen molar-refractivity contribution in [1.29, 1.82) is 0 Å². The van der Waals surface area contributed by atoms with Gasteiger partial charge < -0.3 is 15.2 Å². The van der Waals surface area contributed by atoms with E-state index in [2.05, 4.69) is 28.2 Å². The van der Waals surface area contributed by atoms with Gasteiger partial charge in [0, 0.05) is 22.3 Å². The number of rotatable bonds is 8. The van der Waals surface area contributed by atoms with E-state index in [0.717, 1.165) is 16.0 Å². The van der Waals surface area contributed by atoms with E-state index in [1.165, 1.54) is 19.3 Å². The lowest BCUT2D eigenvalue weighted by Crippen LogP contribution is -2.40. The zero-order valence-electron chi connectivity index (χ0n) is 12.4. The molecule has 2 rings (SSSR count). The van der Waals surface area contributed by atoms with Gasteiger partial charge in [-0.05, 0) is 42.9 Å². The van der Waals surface area contributed by atoms with Gasteiger partial charge in [0.05, 0.1) is 0 Å². The monoisotopic (exact) mass is 373 g/mol. The van der Waals surface area contributed by atoms with Crippen LogP contribution in [0.4, 0.5) is 0 Å². The summed E-state index contributed by atoms with van der Waals surface area (Å²) in [5.74, 6) is 1.95. The summed E-state index contributed by atoms with van der Waals surface area (Å²) < 4.78 is 6.62. The number of aliphatic hydroxyl groups is 1. The van der Waals surface area contributed by atoms with Crippen LogP contribution in [0.15, 0.2) is 28.7 Å². The molecule has 0 radical (unpaired) electrons. The Kier molecular flexibility index (Phi) is 7.37. The molecule has 1 aliphatic rings. The molecule has 0 amide bonds. The molecule has 0 spiro atoms. The quantitative estimate of drug-likeness (QED) is 0.731. The molecule has 1 fully saturated rings. The second-order valence-corrected chi connectivity index (χ2v) is 7.79. The van der Waals surface area contributed by atoms with Crippen molar-refractivity contribution in [2.75, 3.05) is 18.9 Å². The molecule has 1 saturated carbocycles. The Bertz CT molecular complexity index is 415. The molecule has 3 atom stereocenters. The van der Waals surface area contributed by atoms with Crippen LogP contribution in [-0.2, 0) is 0 Å². The van der Waals surface area contributed by atoms with E-state index in [0.29, 0.717) is 24.4 Å². The standard InChI is InChI=1S/C16H24BrNO2S/c1-2-21-16-5-3-4-15(16)18-10-13(19)11-20-14-8-6-12(17)7-9-14/h6-9,13,15-16,18-19H,2-5,10-11H2,1H3. The maximum absolute atomic E-state index is 10.0. The first-order chi connectivity index (χ1) is 10.2. The van der Waals surface area contributed by atoms with Crippen LogP contribution in [0.1, 0.15) is 26.2 Å². The van der Waals surface area contributed by atoms with E-state index in [-0.39, 0.29) is 0 Å². The maximum atomic E-state index is 10.0. The lowest BCUT2D eigenvalue weighted by atomic mass is 10.2. The summed E-state index contributed by atoms with van der Waals surface area (Å²) in [5.41, 5.74) is 0. The first kappa shape index (κ1) is 17.1. The van der Waals surface area contributed by atoms with Crippen molar-refractivity contribution in [1.82, 2.24) is 5.32 Å². The van der Waals surface area contributed by atoms with E-state index in [4.69, 9.17) is 4.74 Å². The van der Waals surface area contributed by atoms with Gasteiger partial charge in [-0.3, -0.25) is 0 Å². The molecule has 0 aliphatic heterocycles. The molecule has 2 N–H and O–H groups in total. The minimum absolute atomic E-state index is 0.326. The molecular weight excluding hydrogens is 350 g/mol. The Labute approximate surface area is 140 Å². The molecule has 0 aromatic heterocycles. The van der Waals surface area contributed by atoms with E-state index >= 15 is 0 Å². The van der Waals surface area contributed by atoms with Crippen LogP contribution in [0.5, 0.6) is 5.75 Å². The van der Waals surface area contributed by atoms with E-state index in [9.17, 15) is 5.11 Å². The van der Waals surface area contributed by atoms with Crippen LogP contribution in [0.2, 0.25) is 0 Å². The van der Waals surface area contributed by atoms with Crippen molar-refractivity contribution in [2.45, 2.75) is 43.6 Å². The molecular formula is C16H24BrNO2S. The molecule has 3 unspecified atom stereocenters. The minimum Gasteiger partial charge on any atom is -0.491 e. The van der Waals surface area contributed by atoms with Crippen LogP contribution in [0, 0.1) is 0 Å². The predicted molar refractivity (Wildman–Crippen MR) is 93.2 cm³/mol. The van der Waals surface area contributed by atoms with E-state index in [1.807, 2.05) is 36.0 Å². The Morgan fingerprint density at radius 2 is 2.14 bits per heavy atom. The van der Waals surface area contributed by atoms with Crippen LogP contribution in [0.25, 0.3) is 0 Å². The zero-order valence-corrected chi connectivity index (χ0v) is 14.8. The van der Waals surface area contributed by atoms with Crippen LogP contribution < -0.4 is 10.1 Å². The molecule has 0 heterocycles. The summed E-state index contributed by atoms with van der Waals surface area (Å²) in [4.78, 5) is 0. The van der Waals surface area contributed by atoms with Crippen LogP contribution >= 0.6 is 27.7 Å². The van der Waals surface area contributed by atoms with Crippen LogP contribution in [-0.4, -0.2) is 41.4 Å². The molecule has 5 heteroatoms. The number of hydrogen-bond acceptors (Lipinski definition) is 4. The number of nitrogens with one attached hydrogen (secondary N) is 1. The molecule has 3 nitrogen and oxygen atoms in total. The van der Waals surface area contributed by atoms with Crippen molar-refractivity contribution in [3.05, 3.63) is 28.7 Å². The third-order valence-corrected chi connectivity index (χ3v) is 5.56. The Morgan fingerprint density at radius 1 is 1.38 bits per heavy atom. The number of benzene rings is 1. The second kappa shape index (κ2) is 9.03. The Hall–Kier alpha value is -0.230. The van der Waals surface area contributed by atoms with E-state index < -0.39 is 6.10 Å². The molecule has 0 saturated heterocycles. The average Bonchev–Trinajstić information content (AvgIpc) is 2.92. The SMILES string of the molecule is CCSC1CCCC1NCC(O)COc1ccc(Br)cc1. The van der Waals surface area contributed by atoms with Crippen molar-refractivity contribution in [3.8, 4) is 5.75 Å². The summed E-state index contributed by atoms with van der Waals surface area (Å²) in [6.07, 6.45) is 3.34. The van der Waals surface area contributed by atoms with Crippen molar-refractivity contribution < 1.29 is 9.84 Å². The smallest absolute Gasteiger partial charge is 0.119 e. The van der Waals surface area contributed by atoms with Gasteiger partial charge in [-0.1, -0.05) is 29.3 Å². The number of aliphatic hydroxyl groups excluding tert-OH is 1. The largest absolute Gasteiger partial charge is 0.491 e. The topological polar surface area (TPSA) is 41.5 Å². The van der Waals surface area contributed by atoms with E-state index in [1.54, 1.807) is 0 Å². The highest BCUT2D eigenvalue weighted by Gasteiger charge is 2.27. The minimum atomic E-state index is -0.471. The van der Waals surface area contributed by atoms with Gasteiger partial charge in [-0.15, -0.1) is 0 Å². The summed E-state index contributed by atoms with van der Waals surface area (Å²) in [7, 11) is 0. The molecule has 1 aliphatic carbocycles. The van der Waals surface area contributed by atoms with Gasteiger partial charge in [0.2, 0.25) is 0 Å². The second-order valence-electron chi connectivity index (χ2n) is 5.36. The zero-order chi connectivity index (χ0) is 15.1. The normalized spacial score (nSPS) is 23.2.